The number of thiocarbonyl (C=S) groups is 1. The van der Waals surface area contributed by atoms with Crippen LogP contribution in [0.1, 0.15) is 71.8 Å². The van der Waals surface area contributed by atoms with Crippen molar-refractivity contribution in [1.82, 2.24) is 15.5 Å². The Morgan fingerprint density at radius 2 is 1.59 bits per heavy atom. The normalized spacial score (nSPS) is 20.6. The zero-order chi connectivity index (χ0) is 23.5. The van der Waals surface area contributed by atoms with E-state index in [0.29, 0.717) is 35.9 Å². The lowest BCUT2D eigenvalue weighted by Crippen LogP contribution is -2.63. The quantitative estimate of drug-likeness (QED) is 0.571. The summed E-state index contributed by atoms with van der Waals surface area (Å²) in [6, 6.07) is 4.78. The standard InChI is InChI=1S/C25H41N3O3S/c1-24(2)14-18(15-25(3,4)27-24)26-23(32)28(19-10-8-9-11-19)16-17-12-13-20(29-5)22(31-7)21(17)30-6/h12-13,18-19,27H,8-11,14-16H2,1-7H3,(H,26,32). The van der Waals surface area contributed by atoms with Crippen LogP contribution >= 0.6 is 12.2 Å². The Hall–Kier alpha value is -1.73. The first-order chi connectivity index (χ1) is 15.1. The van der Waals surface area contributed by atoms with Gasteiger partial charge in [0.25, 0.3) is 0 Å². The van der Waals surface area contributed by atoms with Gasteiger partial charge in [0.05, 0.1) is 21.3 Å². The molecule has 3 rings (SSSR count). The van der Waals surface area contributed by atoms with Crippen LogP contribution in [0.25, 0.3) is 0 Å². The number of methoxy groups -OCH3 is 3. The summed E-state index contributed by atoms with van der Waals surface area (Å²) >= 11 is 6.03. The molecule has 2 N–H and O–H groups in total. The highest BCUT2D eigenvalue weighted by Crippen LogP contribution is 2.41. The molecule has 2 fully saturated rings. The molecule has 1 aliphatic carbocycles. The third-order valence-electron chi connectivity index (χ3n) is 6.67. The summed E-state index contributed by atoms with van der Waals surface area (Å²) in [5, 5.41) is 8.34. The van der Waals surface area contributed by atoms with Gasteiger partial charge in [-0.15, -0.1) is 0 Å². The van der Waals surface area contributed by atoms with Gasteiger partial charge in [-0.05, 0) is 77.7 Å². The minimum absolute atomic E-state index is 0.0692. The van der Waals surface area contributed by atoms with E-state index in [1.807, 2.05) is 6.07 Å². The van der Waals surface area contributed by atoms with Crippen molar-refractivity contribution >= 4 is 17.3 Å². The van der Waals surface area contributed by atoms with Crippen LogP contribution in [0.2, 0.25) is 0 Å². The monoisotopic (exact) mass is 463 g/mol. The minimum Gasteiger partial charge on any atom is -0.493 e. The summed E-state index contributed by atoms with van der Waals surface area (Å²) in [5.74, 6) is 2.00. The molecule has 180 valence electrons. The van der Waals surface area contributed by atoms with Gasteiger partial charge in [-0.3, -0.25) is 0 Å². The van der Waals surface area contributed by atoms with Crippen LogP contribution in [0.15, 0.2) is 12.1 Å². The summed E-state index contributed by atoms with van der Waals surface area (Å²) in [6.45, 7) is 9.77. The minimum atomic E-state index is 0.0692. The van der Waals surface area contributed by atoms with Gasteiger partial charge in [0.2, 0.25) is 5.75 Å². The molecule has 0 spiro atoms. The van der Waals surface area contributed by atoms with Gasteiger partial charge in [0.1, 0.15) is 0 Å². The Morgan fingerprint density at radius 3 is 2.12 bits per heavy atom. The molecule has 0 amide bonds. The molecule has 0 aromatic heterocycles. The molecule has 0 atom stereocenters. The third-order valence-corrected chi connectivity index (χ3v) is 7.02. The number of nitrogens with zero attached hydrogens (tertiary/aromatic N) is 1. The second-order valence-corrected chi connectivity index (χ2v) is 10.9. The van der Waals surface area contributed by atoms with Crippen molar-refractivity contribution in [3.8, 4) is 17.2 Å². The average molecular weight is 464 g/mol. The van der Waals surface area contributed by atoms with Crippen molar-refractivity contribution in [2.75, 3.05) is 21.3 Å². The maximum atomic E-state index is 6.03. The maximum absolute atomic E-state index is 6.03. The molecule has 1 aromatic rings. The summed E-state index contributed by atoms with van der Waals surface area (Å²) < 4.78 is 16.8. The smallest absolute Gasteiger partial charge is 0.203 e. The highest BCUT2D eigenvalue weighted by Gasteiger charge is 2.38. The van der Waals surface area contributed by atoms with E-state index in [2.05, 4.69) is 49.3 Å². The van der Waals surface area contributed by atoms with Gasteiger partial charge in [-0.25, -0.2) is 0 Å². The first-order valence-corrected chi connectivity index (χ1v) is 12.1. The van der Waals surface area contributed by atoms with Gasteiger partial charge < -0.3 is 29.7 Å². The topological polar surface area (TPSA) is 55.0 Å². The lowest BCUT2D eigenvalue weighted by molar-refractivity contribution is 0.152. The fraction of sp³-hybridized carbons (Fsp3) is 0.720. The third kappa shape index (κ3) is 5.79. The molecule has 0 unspecified atom stereocenters. The zero-order valence-electron chi connectivity index (χ0n) is 20.8. The lowest BCUT2D eigenvalue weighted by atomic mass is 9.80. The van der Waals surface area contributed by atoms with Gasteiger partial charge in [0, 0.05) is 35.3 Å². The van der Waals surface area contributed by atoms with Gasteiger partial charge in [0.15, 0.2) is 16.6 Å². The number of benzene rings is 1. The van der Waals surface area contributed by atoms with Crippen LogP contribution in [0, 0.1) is 0 Å². The van der Waals surface area contributed by atoms with E-state index >= 15 is 0 Å². The Labute approximate surface area is 199 Å². The van der Waals surface area contributed by atoms with E-state index in [1.54, 1.807) is 21.3 Å². The molecular formula is C25H41N3O3S. The number of nitrogens with one attached hydrogen (secondary N) is 2. The van der Waals surface area contributed by atoms with Crippen molar-refractivity contribution in [2.45, 2.75) is 95.9 Å². The Balaban J connectivity index is 1.84. The van der Waals surface area contributed by atoms with Crippen LogP contribution in [0.3, 0.4) is 0 Å². The van der Waals surface area contributed by atoms with Crippen molar-refractivity contribution < 1.29 is 14.2 Å². The van der Waals surface area contributed by atoms with Gasteiger partial charge in [-0.2, -0.15) is 0 Å². The Kier molecular flexibility index (Phi) is 7.81. The average Bonchev–Trinajstić information content (AvgIpc) is 3.22. The van der Waals surface area contributed by atoms with Crippen LogP contribution in [-0.4, -0.2) is 54.5 Å². The van der Waals surface area contributed by atoms with Crippen LogP contribution < -0.4 is 24.8 Å². The Bertz CT molecular complexity index is 790. The first kappa shape index (κ1) is 24.9. The van der Waals surface area contributed by atoms with E-state index in [-0.39, 0.29) is 11.1 Å². The molecule has 1 heterocycles. The molecule has 1 aliphatic heterocycles. The second-order valence-electron chi connectivity index (χ2n) is 10.5. The van der Waals surface area contributed by atoms with E-state index < -0.39 is 0 Å². The van der Waals surface area contributed by atoms with Gasteiger partial charge >= 0.3 is 0 Å². The number of hydrogen-bond acceptors (Lipinski definition) is 5. The number of rotatable bonds is 7. The number of hydrogen-bond donors (Lipinski definition) is 2. The van der Waals surface area contributed by atoms with Crippen LogP contribution in [0.5, 0.6) is 17.2 Å². The maximum Gasteiger partial charge on any atom is 0.203 e. The zero-order valence-corrected chi connectivity index (χ0v) is 21.7. The van der Waals surface area contributed by atoms with E-state index in [0.717, 1.165) is 23.5 Å². The highest BCUT2D eigenvalue weighted by molar-refractivity contribution is 7.80. The predicted octanol–water partition coefficient (Wildman–Crippen LogP) is 4.64. The van der Waals surface area contributed by atoms with Crippen molar-refractivity contribution in [3.05, 3.63) is 17.7 Å². The molecule has 7 heteroatoms. The summed E-state index contributed by atoms with van der Waals surface area (Å²) in [7, 11) is 4.96. The van der Waals surface area contributed by atoms with E-state index in [4.69, 9.17) is 26.4 Å². The summed E-state index contributed by atoms with van der Waals surface area (Å²) in [4.78, 5) is 2.37. The van der Waals surface area contributed by atoms with Crippen LogP contribution in [0.4, 0.5) is 0 Å². The highest BCUT2D eigenvalue weighted by atomic mass is 32.1. The van der Waals surface area contributed by atoms with Crippen molar-refractivity contribution in [2.24, 2.45) is 0 Å². The molecule has 6 nitrogen and oxygen atoms in total. The lowest BCUT2D eigenvalue weighted by Gasteiger charge is -2.47. The molecule has 1 saturated carbocycles. The molecule has 32 heavy (non-hydrogen) atoms. The van der Waals surface area contributed by atoms with E-state index in [1.165, 1.54) is 25.7 Å². The largest absolute Gasteiger partial charge is 0.493 e. The fourth-order valence-electron chi connectivity index (χ4n) is 5.74. The predicted molar refractivity (Wildman–Crippen MR) is 134 cm³/mol. The van der Waals surface area contributed by atoms with E-state index in [9.17, 15) is 0 Å². The second kappa shape index (κ2) is 10.0. The molecular weight excluding hydrogens is 422 g/mol. The Morgan fingerprint density at radius 1 is 1.00 bits per heavy atom. The molecule has 1 saturated heterocycles. The first-order valence-electron chi connectivity index (χ1n) is 11.7. The number of ether oxygens (including phenoxy) is 3. The summed E-state index contributed by atoms with van der Waals surface area (Å²) in [6.07, 6.45) is 6.91. The molecule has 0 bridgehead atoms. The molecule has 2 aliphatic rings. The van der Waals surface area contributed by atoms with Crippen molar-refractivity contribution in [3.63, 3.8) is 0 Å². The molecule has 0 radical (unpaired) electrons. The van der Waals surface area contributed by atoms with Crippen molar-refractivity contribution in [1.29, 1.82) is 0 Å². The number of piperidine rings is 1. The molecule has 1 aromatic carbocycles. The van der Waals surface area contributed by atoms with Crippen LogP contribution in [-0.2, 0) is 6.54 Å². The summed E-state index contributed by atoms with van der Waals surface area (Å²) in [5.41, 5.74) is 1.19. The SMILES string of the molecule is COc1ccc(CN(C(=S)NC2CC(C)(C)NC(C)(C)C2)C2CCCC2)c(OC)c1OC. The fourth-order valence-corrected chi connectivity index (χ4v) is 6.12. The van der Waals surface area contributed by atoms with Gasteiger partial charge in [-0.1, -0.05) is 12.8 Å².